The van der Waals surface area contributed by atoms with E-state index in [0.717, 1.165) is 5.56 Å². The van der Waals surface area contributed by atoms with Gasteiger partial charge in [-0.1, -0.05) is 40.9 Å². The maximum atomic E-state index is 12.5. The molecule has 0 spiro atoms. The van der Waals surface area contributed by atoms with Crippen molar-refractivity contribution in [1.29, 1.82) is 5.26 Å². The number of amides is 2. The smallest absolute Gasteiger partial charge is 0.266 e. The van der Waals surface area contributed by atoms with E-state index in [9.17, 15) is 14.9 Å². The first-order chi connectivity index (χ1) is 15.8. The van der Waals surface area contributed by atoms with Gasteiger partial charge in [-0.15, -0.1) is 0 Å². The highest BCUT2D eigenvalue weighted by Gasteiger charge is 2.13. The summed E-state index contributed by atoms with van der Waals surface area (Å²) in [7, 11) is 0. The van der Waals surface area contributed by atoms with E-state index in [1.165, 1.54) is 6.08 Å². The molecule has 0 saturated heterocycles. The molecular weight excluding hydrogens is 461 g/mol. The van der Waals surface area contributed by atoms with E-state index in [1.54, 1.807) is 54.6 Å². The fraction of sp³-hybridized carbons (Fsp3) is 0.0800. The van der Waals surface area contributed by atoms with Crippen molar-refractivity contribution in [2.75, 3.05) is 17.2 Å². The minimum Gasteiger partial charge on any atom is -0.483 e. The summed E-state index contributed by atoms with van der Waals surface area (Å²) in [6.07, 6.45) is 1.35. The van der Waals surface area contributed by atoms with Gasteiger partial charge in [-0.2, -0.15) is 5.26 Å². The molecule has 0 bridgehead atoms. The Bertz CT molecular complexity index is 1230. The number of nitriles is 1. The minimum atomic E-state index is -0.608. The van der Waals surface area contributed by atoms with Crippen molar-refractivity contribution < 1.29 is 14.3 Å². The first kappa shape index (κ1) is 23.9. The lowest BCUT2D eigenvalue weighted by Crippen LogP contribution is -2.20. The van der Waals surface area contributed by atoms with Crippen LogP contribution in [0.5, 0.6) is 5.75 Å². The molecule has 2 N–H and O–H groups in total. The van der Waals surface area contributed by atoms with E-state index >= 15 is 0 Å². The average molecular weight is 480 g/mol. The number of benzene rings is 3. The number of hydrogen-bond donors (Lipinski definition) is 2. The third kappa shape index (κ3) is 7.11. The zero-order valence-corrected chi connectivity index (χ0v) is 19.1. The van der Waals surface area contributed by atoms with Crippen molar-refractivity contribution in [2.45, 2.75) is 6.92 Å². The molecule has 3 aromatic rings. The average Bonchev–Trinajstić information content (AvgIpc) is 2.79. The van der Waals surface area contributed by atoms with Gasteiger partial charge in [0.2, 0.25) is 0 Å². The Hall–Kier alpha value is -3.79. The van der Waals surface area contributed by atoms with Gasteiger partial charge in [0.1, 0.15) is 17.4 Å². The highest BCUT2D eigenvalue weighted by molar-refractivity contribution is 6.31. The molecule has 0 aliphatic heterocycles. The summed E-state index contributed by atoms with van der Waals surface area (Å²) in [5.41, 5.74) is 2.43. The number of halogens is 2. The number of nitrogens with zero attached hydrogens (tertiary/aromatic N) is 1. The normalized spacial score (nSPS) is 10.8. The summed E-state index contributed by atoms with van der Waals surface area (Å²) in [5.74, 6) is -0.668. The molecule has 0 saturated carbocycles. The van der Waals surface area contributed by atoms with E-state index in [2.05, 4.69) is 10.6 Å². The van der Waals surface area contributed by atoms with Crippen LogP contribution in [0.3, 0.4) is 0 Å². The zero-order valence-electron chi connectivity index (χ0n) is 17.6. The number of carbonyl (C=O) groups excluding carboxylic acids is 2. The van der Waals surface area contributed by atoms with E-state index in [0.29, 0.717) is 32.7 Å². The molecule has 0 unspecified atom stereocenters. The van der Waals surface area contributed by atoms with Gasteiger partial charge in [0.25, 0.3) is 11.8 Å². The molecule has 0 heterocycles. The lowest BCUT2D eigenvalue weighted by Gasteiger charge is -2.11. The second-order valence-corrected chi connectivity index (χ2v) is 7.89. The van der Waals surface area contributed by atoms with Crippen molar-refractivity contribution in [3.63, 3.8) is 0 Å². The Labute approximate surface area is 201 Å². The van der Waals surface area contributed by atoms with Crippen molar-refractivity contribution in [1.82, 2.24) is 0 Å². The van der Waals surface area contributed by atoms with Gasteiger partial charge >= 0.3 is 0 Å². The van der Waals surface area contributed by atoms with Crippen molar-refractivity contribution in [3.05, 3.63) is 93.5 Å². The van der Waals surface area contributed by atoms with Crippen molar-refractivity contribution >= 4 is 52.5 Å². The Morgan fingerprint density at radius 2 is 1.55 bits per heavy atom. The van der Waals surface area contributed by atoms with Crippen LogP contribution in [0.1, 0.15) is 11.1 Å². The molecule has 0 aromatic heterocycles. The molecule has 3 aromatic carbocycles. The molecule has 0 radical (unpaired) electrons. The fourth-order valence-corrected chi connectivity index (χ4v) is 3.08. The summed E-state index contributed by atoms with van der Waals surface area (Å²) in [4.78, 5) is 24.8. The van der Waals surface area contributed by atoms with Crippen molar-refractivity contribution in [2.24, 2.45) is 0 Å². The SMILES string of the molecule is Cc1ccc(NC(=O)COc2ccc(Cl)cc2/C=C(\C#N)C(=O)Nc2ccc(Cl)cc2)cc1. The van der Waals surface area contributed by atoms with Gasteiger partial charge < -0.3 is 15.4 Å². The quantitative estimate of drug-likeness (QED) is 0.327. The predicted molar refractivity (Wildman–Crippen MR) is 130 cm³/mol. The van der Waals surface area contributed by atoms with E-state index in [-0.39, 0.29) is 18.1 Å². The van der Waals surface area contributed by atoms with Crippen LogP contribution in [0.15, 0.2) is 72.3 Å². The van der Waals surface area contributed by atoms with Crippen LogP contribution < -0.4 is 15.4 Å². The molecule has 2 amide bonds. The third-order valence-electron chi connectivity index (χ3n) is 4.43. The van der Waals surface area contributed by atoms with Gasteiger partial charge in [-0.05, 0) is 67.6 Å². The number of carbonyl (C=O) groups is 2. The first-order valence-corrected chi connectivity index (χ1v) is 10.6. The Balaban J connectivity index is 1.73. The van der Waals surface area contributed by atoms with Gasteiger partial charge in [0, 0.05) is 27.0 Å². The number of hydrogen-bond acceptors (Lipinski definition) is 4. The second-order valence-electron chi connectivity index (χ2n) is 7.02. The van der Waals surface area contributed by atoms with Crippen LogP contribution in [0.2, 0.25) is 10.0 Å². The van der Waals surface area contributed by atoms with E-state index in [4.69, 9.17) is 27.9 Å². The topological polar surface area (TPSA) is 91.2 Å². The van der Waals surface area contributed by atoms with Crippen LogP contribution in [0.4, 0.5) is 11.4 Å². The van der Waals surface area contributed by atoms with Gasteiger partial charge in [-0.25, -0.2) is 0 Å². The number of rotatable bonds is 7. The molecule has 6 nitrogen and oxygen atoms in total. The monoisotopic (exact) mass is 479 g/mol. The lowest BCUT2D eigenvalue weighted by molar-refractivity contribution is -0.118. The molecule has 0 aliphatic carbocycles. The second kappa shape index (κ2) is 11.2. The first-order valence-electron chi connectivity index (χ1n) is 9.81. The Kier molecular flexibility index (Phi) is 8.09. The molecular formula is C25H19Cl2N3O3. The summed E-state index contributed by atoms with van der Waals surface area (Å²) in [6.45, 7) is 1.69. The lowest BCUT2D eigenvalue weighted by atomic mass is 10.1. The summed E-state index contributed by atoms with van der Waals surface area (Å²) in [5, 5.41) is 15.8. The van der Waals surface area contributed by atoms with E-state index < -0.39 is 5.91 Å². The Morgan fingerprint density at radius 3 is 2.21 bits per heavy atom. The van der Waals surface area contributed by atoms with Crippen LogP contribution in [-0.2, 0) is 9.59 Å². The number of aryl methyl sites for hydroxylation is 1. The predicted octanol–water partition coefficient (Wildman–Crippen LogP) is 5.87. The van der Waals surface area contributed by atoms with Crippen molar-refractivity contribution in [3.8, 4) is 11.8 Å². The molecule has 33 heavy (non-hydrogen) atoms. The summed E-state index contributed by atoms with van der Waals surface area (Å²) < 4.78 is 5.64. The van der Waals surface area contributed by atoms with Gasteiger partial charge in [-0.3, -0.25) is 9.59 Å². The maximum Gasteiger partial charge on any atom is 0.266 e. The number of anilines is 2. The van der Waals surface area contributed by atoms with Crippen LogP contribution in [0, 0.1) is 18.3 Å². The molecule has 0 atom stereocenters. The molecule has 3 rings (SSSR count). The highest BCUT2D eigenvalue weighted by Crippen LogP contribution is 2.26. The largest absolute Gasteiger partial charge is 0.483 e. The zero-order chi connectivity index (χ0) is 23.8. The molecule has 8 heteroatoms. The fourth-order valence-electron chi connectivity index (χ4n) is 2.78. The van der Waals surface area contributed by atoms with Crippen LogP contribution in [-0.4, -0.2) is 18.4 Å². The Morgan fingerprint density at radius 1 is 0.939 bits per heavy atom. The molecule has 166 valence electrons. The number of ether oxygens (including phenoxy) is 1. The van der Waals surface area contributed by atoms with Gasteiger partial charge in [0.05, 0.1) is 0 Å². The minimum absolute atomic E-state index is 0.166. The van der Waals surface area contributed by atoms with Gasteiger partial charge in [0.15, 0.2) is 6.61 Å². The number of nitrogens with one attached hydrogen (secondary N) is 2. The summed E-state index contributed by atoms with van der Waals surface area (Å²) >= 11 is 11.9. The molecule has 0 aliphatic rings. The maximum absolute atomic E-state index is 12.5. The third-order valence-corrected chi connectivity index (χ3v) is 4.92. The highest BCUT2D eigenvalue weighted by atomic mass is 35.5. The summed E-state index contributed by atoms with van der Waals surface area (Å²) in [6, 6.07) is 20.4. The molecule has 0 fully saturated rings. The standard InChI is InChI=1S/C25H19Cl2N3O3/c1-16-2-7-21(8-3-16)29-24(31)15-33-23-11-6-20(27)13-17(23)12-18(14-28)25(32)30-22-9-4-19(26)5-10-22/h2-13H,15H2,1H3,(H,29,31)(H,30,32)/b18-12+. The van der Waals surface area contributed by atoms with E-state index in [1.807, 2.05) is 25.1 Å². The van der Waals surface area contributed by atoms with Crippen LogP contribution >= 0.6 is 23.2 Å². The van der Waals surface area contributed by atoms with Crippen LogP contribution in [0.25, 0.3) is 6.08 Å².